The molecule has 0 spiro atoms. The van der Waals surface area contributed by atoms with Crippen molar-refractivity contribution >= 4 is 22.7 Å². The third-order valence-electron chi connectivity index (χ3n) is 4.72. The predicted octanol–water partition coefficient (Wildman–Crippen LogP) is 1.45. The van der Waals surface area contributed by atoms with Crippen LogP contribution in [0.1, 0.15) is 36.2 Å². The molecule has 1 aromatic heterocycles. The molecule has 1 saturated heterocycles. The van der Waals surface area contributed by atoms with Crippen LogP contribution in [0, 0.1) is 0 Å². The van der Waals surface area contributed by atoms with Gasteiger partial charge in [-0.15, -0.1) is 0 Å². The van der Waals surface area contributed by atoms with Crippen molar-refractivity contribution in [3.63, 3.8) is 0 Å². The SMILES string of the molecule is O=C1CN(C(=O)c2n[nH]c3ccccc23)[C@@H]2CCCC[C@@H]2N1. The van der Waals surface area contributed by atoms with E-state index in [-0.39, 0.29) is 30.4 Å². The summed E-state index contributed by atoms with van der Waals surface area (Å²) in [5, 5.41) is 10.9. The normalized spacial score (nSPS) is 24.9. The Balaban J connectivity index is 1.70. The summed E-state index contributed by atoms with van der Waals surface area (Å²) in [7, 11) is 0. The van der Waals surface area contributed by atoms with Crippen LogP contribution in [0.3, 0.4) is 0 Å². The van der Waals surface area contributed by atoms with Crippen molar-refractivity contribution in [1.29, 1.82) is 0 Å². The zero-order chi connectivity index (χ0) is 15.1. The maximum absolute atomic E-state index is 12.9. The molecule has 1 aliphatic heterocycles. The average Bonchev–Trinajstić information content (AvgIpc) is 2.97. The molecule has 114 valence electrons. The van der Waals surface area contributed by atoms with Crippen LogP contribution >= 0.6 is 0 Å². The number of rotatable bonds is 1. The lowest BCUT2D eigenvalue weighted by Gasteiger charge is -2.43. The number of fused-ring (bicyclic) bond motifs is 2. The number of H-pyrrole nitrogens is 1. The van der Waals surface area contributed by atoms with Crippen LogP contribution < -0.4 is 5.32 Å². The lowest BCUT2D eigenvalue weighted by atomic mass is 9.87. The molecule has 2 atom stereocenters. The van der Waals surface area contributed by atoms with E-state index in [2.05, 4.69) is 15.5 Å². The number of nitrogens with one attached hydrogen (secondary N) is 2. The maximum Gasteiger partial charge on any atom is 0.275 e. The fourth-order valence-electron chi connectivity index (χ4n) is 3.66. The maximum atomic E-state index is 12.9. The van der Waals surface area contributed by atoms with Crippen LogP contribution in [0.2, 0.25) is 0 Å². The van der Waals surface area contributed by atoms with Crippen molar-refractivity contribution in [2.75, 3.05) is 6.54 Å². The van der Waals surface area contributed by atoms with Gasteiger partial charge in [0.1, 0.15) is 6.54 Å². The van der Waals surface area contributed by atoms with E-state index in [1.54, 1.807) is 4.90 Å². The van der Waals surface area contributed by atoms with Gasteiger partial charge in [0.25, 0.3) is 5.91 Å². The van der Waals surface area contributed by atoms with Crippen molar-refractivity contribution in [3.05, 3.63) is 30.0 Å². The van der Waals surface area contributed by atoms with E-state index < -0.39 is 0 Å². The minimum absolute atomic E-state index is 0.0728. The molecule has 6 heteroatoms. The van der Waals surface area contributed by atoms with Gasteiger partial charge in [0.05, 0.1) is 11.6 Å². The predicted molar refractivity (Wildman–Crippen MR) is 81.3 cm³/mol. The lowest BCUT2D eigenvalue weighted by Crippen LogP contribution is -2.62. The van der Waals surface area contributed by atoms with E-state index in [4.69, 9.17) is 0 Å². The number of aromatic nitrogens is 2. The zero-order valence-corrected chi connectivity index (χ0v) is 12.2. The number of carbonyl (C=O) groups excluding carboxylic acids is 2. The molecular weight excluding hydrogens is 280 g/mol. The second-order valence-electron chi connectivity index (χ2n) is 6.08. The van der Waals surface area contributed by atoms with Crippen LogP contribution in [-0.2, 0) is 4.79 Å². The van der Waals surface area contributed by atoms with Crippen molar-refractivity contribution in [1.82, 2.24) is 20.4 Å². The Morgan fingerprint density at radius 1 is 1.23 bits per heavy atom. The number of para-hydroxylation sites is 1. The largest absolute Gasteiger partial charge is 0.350 e. The van der Waals surface area contributed by atoms with Gasteiger partial charge < -0.3 is 10.2 Å². The summed E-state index contributed by atoms with van der Waals surface area (Å²) < 4.78 is 0. The summed E-state index contributed by atoms with van der Waals surface area (Å²) in [6, 6.07) is 7.75. The molecule has 6 nitrogen and oxygen atoms in total. The number of benzene rings is 1. The van der Waals surface area contributed by atoms with E-state index in [1.807, 2.05) is 24.3 Å². The van der Waals surface area contributed by atoms with Gasteiger partial charge in [0, 0.05) is 11.4 Å². The van der Waals surface area contributed by atoms with E-state index >= 15 is 0 Å². The molecule has 0 radical (unpaired) electrons. The molecule has 0 unspecified atom stereocenters. The van der Waals surface area contributed by atoms with Gasteiger partial charge in [-0.1, -0.05) is 31.0 Å². The molecule has 4 rings (SSSR count). The number of nitrogens with zero attached hydrogens (tertiary/aromatic N) is 2. The third-order valence-corrected chi connectivity index (χ3v) is 4.72. The van der Waals surface area contributed by atoms with Gasteiger partial charge in [-0.2, -0.15) is 5.10 Å². The summed E-state index contributed by atoms with van der Waals surface area (Å²) in [4.78, 5) is 26.6. The Morgan fingerprint density at radius 2 is 2.05 bits per heavy atom. The summed E-state index contributed by atoms with van der Waals surface area (Å²) >= 11 is 0. The highest BCUT2D eigenvalue weighted by Gasteiger charge is 2.39. The molecule has 2 N–H and O–H groups in total. The van der Waals surface area contributed by atoms with Gasteiger partial charge >= 0.3 is 0 Å². The molecule has 2 fully saturated rings. The standard InChI is InChI=1S/C16H18N4O2/c21-14-9-20(13-8-4-3-7-12(13)17-14)16(22)15-10-5-1-2-6-11(10)18-19-15/h1-2,5-6,12-13H,3-4,7-9H2,(H,17,21)(H,18,19)/t12-,13+/m0/s1. The summed E-state index contributed by atoms with van der Waals surface area (Å²) in [5.41, 5.74) is 1.25. The highest BCUT2D eigenvalue weighted by Crippen LogP contribution is 2.28. The van der Waals surface area contributed by atoms with Crippen LogP contribution in [-0.4, -0.2) is 45.5 Å². The Labute approximate surface area is 127 Å². The smallest absolute Gasteiger partial charge is 0.275 e. The molecule has 1 aromatic carbocycles. The molecule has 1 saturated carbocycles. The number of hydrogen-bond acceptors (Lipinski definition) is 3. The second-order valence-corrected chi connectivity index (χ2v) is 6.08. The van der Waals surface area contributed by atoms with Crippen molar-refractivity contribution in [3.8, 4) is 0 Å². The van der Waals surface area contributed by atoms with Gasteiger partial charge in [-0.25, -0.2) is 0 Å². The van der Waals surface area contributed by atoms with E-state index in [0.29, 0.717) is 5.69 Å². The van der Waals surface area contributed by atoms with E-state index in [1.165, 1.54) is 0 Å². The Kier molecular flexibility index (Phi) is 3.10. The van der Waals surface area contributed by atoms with Gasteiger partial charge in [-0.3, -0.25) is 14.7 Å². The number of hydrogen-bond donors (Lipinski definition) is 2. The lowest BCUT2D eigenvalue weighted by molar-refractivity contribution is -0.127. The number of carbonyl (C=O) groups is 2. The van der Waals surface area contributed by atoms with Crippen LogP contribution in [0.15, 0.2) is 24.3 Å². The molecule has 2 heterocycles. The topological polar surface area (TPSA) is 78.1 Å². The first-order chi connectivity index (χ1) is 10.7. The first kappa shape index (κ1) is 13.3. The summed E-state index contributed by atoms with van der Waals surface area (Å²) in [5.74, 6) is -0.222. The van der Waals surface area contributed by atoms with Crippen molar-refractivity contribution in [2.45, 2.75) is 37.8 Å². The zero-order valence-electron chi connectivity index (χ0n) is 12.2. The summed E-state index contributed by atoms with van der Waals surface area (Å²) in [6.07, 6.45) is 4.09. The molecule has 2 aromatic rings. The number of piperazine rings is 1. The third kappa shape index (κ3) is 2.06. The Morgan fingerprint density at radius 3 is 2.95 bits per heavy atom. The molecule has 2 aliphatic rings. The average molecular weight is 298 g/mol. The molecule has 1 aliphatic carbocycles. The second kappa shape index (κ2) is 5.12. The van der Waals surface area contributed by atoms with Gasteiger partial charge in [0.15, 0.2) is 5.69 Å². The minimum Gasteiger partial charge on any atom is -0.350 e. The fraction of sp³-hybridized carbons (Fsp3) is 0.438. The van der Waals surface area contributed by atoms with Crippen LogP contribution in [0.25, 0.3) is 10.9 Å². The van der Waals surface area contributed by atoms with Gasteiger partial charge in [0.2, 0.25) is 5.91 Å². The first-order valence-electron chi connectivity index (χ1n) is 7.77. The molecule has 2 amide bonds. The molecular formula is C16H18N4O2. The monoisotopic (exact) mass is 298 g/mol. The Bertz CT molecular complexity index is 739. The first-order valence-corrected chi connectivity index (χ1v) is 7.77. The highest BCUT2D eigenvalue weighted by atomic mass is 16.2. The van der Waals surface area contributed by atoms with Crippen LogP contribution in [0.5, 0.6) is 0 Å². The highest BCUT2D eigenvalue weighted by molar-refractivity contribution is 6.06. The van der Waals surface area contributed by atoms with Crippen LogP contribution in [0.4, 0.5) is 0 Å². The van der Waals surface area contributed by atoms with Gasteiger partial charge in [-0.05, 0) is 18.9 Å². The Hall–Kier alpha value is -2.37. The number of amides is 2. The minimum atomic E-state index is -0.149. The van der Waals surface area contributed by atoms with E-state index in [0.717, 1.165) is 36.6 Å². The molecule has 0 bridgehead atoms. The number of aromatic amines is 1. The quantitative estimate of drug-likeness (QED) is 0.836. The van der Waals surface area contributed by atoms with Crippen molar-refractivity contribution in [2.24, 2.45) is 0 Å². The van der Waals surface area contributed by atoms with Crippen molar-refractivity contribution < 1.29 is 9.59 Å². The molecule has 22 heavy (non-hydrogen) atoms. The van der Waals surface area contributed by atoms with E-state index in [9.17, 15) is 9.59 Å². The summed E-state index contributed by atoms with van der Waals surface area (Å²) in [6.45, 7) is 0.126. The fourth-order valence-corrected chi connectivity index (χ4v) is 3.66.